The van der Waals surface area contributed by atoms with E-state index >= 15 is 0 Å². The predicted molar refractivity (Wildman–Crippen MR) is 118 cm³/mol. The summed E-state index contributed by atoms with van der Waals surface area (Å²) in [6, 6.07) is 4.06. The van der Waals surface area contributed by atoms with E-state index in [0.717, 1.165) is 32.5 Å². The maximum atomic E-state index is 12.1. The molecule has 16 heteroatoms. The lowest BCUT2D eigenvalue weighted by Gasteiger charge is -2.42. The van der Waals surface area contributed by atoms with Crippen molar-refractivity contribution in [3.05, 3.63) is 48.0 Å². The molecule has 1 unspecified atom stereocenters. The van der Waals surface area contributed by atoms with Gasteiger partial charge in [-0.2, -0.15) is 31.4 Å². The molecule has 1 amide bonds. The number of nitrogens with one attached hydrogen (secondary N) is 1. The summed E-state index contributed by atoms with van der Waals surface area (Å²) < 4.78 is 65.3. The topological polar surface area (TPSA) is 138 Å². The van der Waals surface area contributed by atoms with E-state index in [0.29, 0.717) is 6.42 Å². The van der Waals surface area contributed by atoms with Crippen LogP contribution in [0, 0.1) is 0 Å². The van der Waals surface area contributed by atoms with Gasteiger partial charge in [0.25, 0.3) is 0 Å². The molecule has 0 saturated carbocycles. The monoisotopic (exact) mass is 553 g/mol. The number of rotatable bonds is 3. The summed E-state index contributed by atoms with van der Waals surface area (Å²) in [5, 5.41) is 21.8. The van der Waals surface area contributed by atoms with Gasteiger partial charge in [-0.05, 0) is 24.5 Å². The summed E-state index contributed by atoms with van der Waals surface area (Å²) in [6.07, 6.45) is 0.0807. The largest absolute Gasteiger partial charge is 0.490 e. The van der Waals surface area contributed by atoms with Gasteiger partial charge in [0.1, 0.15) is 0 Å². The third-order valence-corrected chi connectivity index (χ3v) is 5.93. The van der Waals surface area contributed by atoms with Crippen molar-refractivity contribution >= 4 is 17.8 Å². The number of hydrogen-bond acceptors (Lipinski definition) is 6. The number of halogens is 6. The number of carboxylic acid groups (broad SMARTS) is 2. The van der Waals surface area contributed by atoms with Crippen LogP contribution >= 0.6 is 0 Å². The van der Waals surface area contributed by atoms with Crippen LogP contribution < -0.4 is 5.32 Å². The lowest BCUT2D eigenvalue weighted by molar-refractivity contribution is -0.193. The van der Waals surface area contributed by atoms with Crippen molar-refractivity contribution in [1.82, 2.24) is 25.0 Å². The summed E-state index contributed by atoms with van der Waals surface area (Å²) >= 11 is 0. The first-order valence-electron chi connectivity index (χ1n) is 11.0. The standard InChI is InChI=1S/C18H23N5O.2C2HF3O2/c1-22-12-14(10-20-22)13-23-7-4-18(5-8-23)16(9-17(24)21-18)15-3-2-6-19-11-15;2*3-2(4,5)1(6)7/h2-3,6,10-12,16H,4-5,7-9,13H2,1H3,(H,21,24);2*(H,6,7). The molecule has 10 nitrogen and oxygen atoms in total. The first-order valence-corrected chi connectivity index (χ1v) is 11.0. The van der Waals surface area contributed by atoms with Crippen LogP contribution in [0.5, 0.6) is 0 Å². The van der Waals surface area contributed by atoms with Crippen LogP contribution in [0.2, 0.25) is 0 Å². The molecule has 0 aliphatic carbocycles. The second-order valence-electron chi connectivity index (χ2n) is 8.65. The Bertz CT molecular complexity index is 1070. The zero-order chi connectivity index (χ0) is 28.7. The number of carbonyl (C=O) groups is 3. The first kappa shape index (κ1) is 30.5. The highest BCUT2D eigenvalue weighted by molar-refractivity contribution is 5.81. The number of amides is 1. The fraction of sp³-hybridized carbons (Fsp3) is 0.500. The summed E-state index contributed by atoms with van der Waals surface area (Å²) in [4.78, 5) is 36.6. The van der Waals surface area contributed by atoms with E-state index in [2.05, 4.69) is 32.6 Å². The number of piperidine rings is 1. The second kappa shape index (κ2) is 12.2. The minimum Gasteiger partial charge on any atom is -0.475 e. The van der Waals surface area contributed by atoms with Crippen molar-refractivity contribution in [3.8, 4) is 0 Å². The highest BCUT2D eigenvalue weighted by Crippen LogP contribution is 2.43. The van der Waals surface area contributed by atoms with Crippen molar-refractivity contribution in [2.75, 3.05) is 13.1 Å². The molecule has 2 fully saturated rings. The number of carboxylic acids is 2. The third kappa shape index (κ3) is 8.71. The van der Waals surface area contributed by atoms with Crippen molar-refractivity contribution in [3.63, 3.8) is 0 Å². The Morgan fingerprint density at radius 2 is 1.63 bits per heavy atom. The summed E-state index contributed by atoms with van der Waals surface area (Å²) in [5.41, 5.74) is 2.32. The normalized spacial score (nSPS) is 19.0. The Morgan fingerprint density at radius 1 is 1.08 bits per heavy atom. The Kier molecular flexibility index (Phi) is 9.83. The molecule has 2 aromatic rings. The maximum absolute atomic E-state index is 12.1. The van der Waals surface area contributed by atoms with Gasteiger partial charge in [-0.15, -0.1) is 0 Å². The average Bonchev–Trinajstić information content (AvgIpc) is 3.37. The van der Waals surface area contributed by atoms with Gasteiger partial charge >= 0.3 is 24.3 Å². The molecule has 4 heterocycles. The van der Waals surface area contributed by atoms with Gasteiger partial charge in [0.05, 0.1) is 6.20 Å². The number of aromatic nitrogens is 3. The van der Waals surface area contributed by atoms with E-state index in [-0.39, 0.29) is 17.4 Å². The zero-order valence-corrected chi connectivity index (χ0v) is 20.0. The number of aryl methyl sites for hydroxylation is 1. The Morgan fingerprint density at radius 3 is 2.05 bits per heavy atom. The van der Waals surface area contributed by atoms with Gasteiger partial charge in [-0.25, -0.2) is 9.59 Å². The predicted octanol–water partition coefficient (Wildman–Crippen LogP) is 2.72. The number of alkyl halides is 6. The fourth-order valence-electron chi connectivity index (χ4n) is 4.21. The molecular weight excluding hydrogens is 528 g/mol. The van der Waals surface area contributed by atoms with E-state index < -0.39 is 24.3 Å². The molecule has 2 aliphatic rings. The average molecular weight is 553 g/mol. The lowest BCUT2D eigenvalue weighted by atomic mass is 9.74. The molecular formula is C22H25F6N5O5. The van der Waals surface area contributed by atoms with Crippen LogP contribution in [0.3, 0.4) is 0 Å². The lowest BCUT2D eigenvalue weighted by Crippen LogP contribution is -2.53. The van der Waals surface area contributed by atoms with E-state index in [1.807, 2.05) is 30.2 Å². The van der Waals surface area contributed by atoms with Crippen LogP contribution in [0.1, 0.15) is 36.3 Å². The molecule has 38 heavy (non-hydrogen) atoms. The zero-order valence-electron chi connectivity index (χ0n) is 20.0. The molecule has 0 aromatic carbocycles. The molecule has 210 valence electrons. The fourth-order valence-corrected chi connectivity index (χ4v) is 4.21. The van der Waals surface area contributed by atoms with E-state index in [4.69, 9.17) is 19.8 Å². The molecule has 0 radical (unpaired) electrons. The van der Waals surface area contributed by atoms with Gasteiger partial charge in [0.2, 0.25) is 5.91 Å². The number of aliphatic carboxylic acids is 2. The molecule has 2 aliphatic heterocycles. The number of nitrogens with zero attached hydrogens (tertiary/aromatic N) is 4. The smallest absolute Gasteiger partial charge is 0.475 e. The van der Waals surface area contributed by atoms with Crippen LogP contribution in [0.4, 0.5) is 26.3 Å². The van der Waals surface area contributed by atoms with Crippen LogP contribution in [-0.4, -0.2) is 78.7 Å². The summed E-state index contributed by atoms with van der Waals surface area (Å²) in [7, 11) is 1.95. The highest BCUT2D eigenvalue weighted by atomic mass is 19.4. The second-order valence-corrected chi connectivity index (χ2v) is 8.65. The van der Waals surface area contributed by atoms with Crippen LogP contribution in [0.25, 0.3) is 0 Å². The SMILES string of the molecule is Cn1cc(CN2CCC3(CC2)NC(=O)CC3c2cccnc2)cn1.O=C(O)C(F)(F)F.O=C(O)C(F)(F)F. The van der Waals surface area contributed by atoms with Gasteiger partial charge in [-0.3, -0.25) is 19.4 Å². The van der Waals surface area contributed by atoms with Gasteiger partial charge in [0, 0.05) is 68.7 Å². The van der Waals surface area contributed by atoms with Crippen LogP contribution in [-0.2, 0) is 28.0 Å². The van der Waals surface area contributed by atoms with E-state index in [1.54, 1.807) is 6.20 Å². The molecule has 2 aromatic heterocycles. The molecule has 3 N–H and O–H groups in total. The van der Waals surface area contributed by atoms with E-state index in [9.17, 15) is 31.1 Å². The first-order chi connectivity index (χ1) is 17.5. The Labute approximate surface area is 212 Å². The number of likely N-dealkylation sites (tertiary alicyclic amines) is 1. The summed E-state index contributed by atoms with van der Waals surface area (Å²) in [5.74, 6) is -5.11. The Balaban J connectivity index is 0.000000301. The summed E-state index contributed by atoms with van der Waals surface area (Å²) in [6.45, 7) is 2.91. The number of carbonyl (C=O) groups excluding carboxylic acids is 1. The quantitative estimate of drug-likeness (QED) is 0.494. The minimum absolute atomic E-state index is 0.106. The molecule has 2 saturated heterocycles. The van der Waals surface area contributed by atoms with Gasteiger partial charge in [-0.1, -0.05) is 6.07 Å². The highest BCUT2D eigenvalue weighted by Gasteiger charge is 2.48. The van der Waals surface area contributed by atoms with Crippen molar-refractivity contribution < 1.29 is 50.9 Å². The molecule has 4 rings (SSSR count). The van der Waals surface area contributed by atoms with Crippen molar-refractivity contribution in [2.24, 2.45) is 7.05 Å². The van der Waals surface area contributed by atoms with Gasteiger partial charge in [0.15, 0.2) is 0 Å². The third-order valence-electron chi connectivity index (χ3n) is 5.93. The Hall–Kier alpha value is -3.69. The van der Waals surface area contributed by atoms with Gasteiger partial charge < -0.3 is 15.5 Å². The van der Waals surface area contributed by atoms with Crippen LogP contribution in [0.15, 0.2) is 36.9 Å². The number of pyridine rings is 1. The molecule has 0 bridgehead atoms. The molecule has 1 spiro atoms. The van der Waals surface area contributed by atoms with Crippen molar-refractivity contribution in [1.29, 1.82) is 0 Å². The minimum atomic E-state index is -5.08. The van der Waals surface area contributed by atoms with Crippen molar-refractivity contribution in [2.45, 2.75) is 49.6 Å². The molecule has 1 atom stereocenters. The van der Waals surface area contributed by atoms with E-state index in [1.165, 1.54) is 11.1 Å². The number of hydrogen-bond donors (Lipinski definition) is 3. The maximum Gasteiger partial charge on any atom is 0.490 e.